The van der Waals surface area contributed by atoms with Gasteiger partial charge in [-0.1, -0.05) is 12.1 Å². The topological polar surface area (TPSA) is 61.4 Å². The van der Waals surface area contributed by atoms with Gasteiger partial charge in [-0.15, -0.1) is 0 Å². The van der Waals surface area contributed by atoms with Crippen LogP contribution in [0.15, 0.2) is 42.6 Å². The lowest BCUT2D eigenvalue weighted by Crippen LogP contribution is -2.34. The molecular weight excluding hydrogens is 376 g/mol. The van der Waals surface area contributed by atoms with Crippen LogP contribution in [0.2, 0.25) is 0 Å². The number of likely N-dealkylation sites (tertiary alicyclic amines) is 1. The van der Waals surface area contributed by atoms with Gasteiger partial charge < -0.3 is 9.84 Å². The molecule has 0 saturated carbocycles. The molecule has 2 N–H and O–H groups in total. The smallest absolute Gasteiger partial charge is 0.159 e. The van der Waals surface area contributed by atoms with Crippen molar-refractivity contribution in [2.45, 2.75) is 25.3 Å². The van der Waals surface area contributed by atoms with Crippen LogP contribution in [0.1, 0.15) is 30.0 Å². The molecular formula is C22H23F2N3O2. The molecule has 1 aliphatic rings. The zero-order chi connectivity index (χ0) is 20.4. The molecule has 1 fully saturated rings. The van der Waals surface area contributed by atoms with Crippen molar-refractivity contribution in [3.63, 3.8) is 0 Å². The number of phenols is 1. The number of nitrogens with zero attached hydrogens (tertiary/aromatic N) is 2. The number of nitrogens with one attached hydrogen (secondary N) is 1. The minimum atomic E-state index is -0.869. The van der Waals surface area contributed by atoms with Crippen molar-refractivity contribution < 1.29 is 18.6 Å². The van der Waals surface area contributed by atoms with Crippen molar-refractivity contribution in [1.82, 2.24) is 15.1 Å². The highest BCUT2D eigenvalue weighted by Crippen LogP contribution is 2.35. The molecule has 2 heterocycles. The lowest BCUT2D eigenvalue weighted by atomic mass is 9.90. The molecule has 3 aromatic rings. The number of aromatic nitrogens is 2. The number of H-pyrrole nitrogens is 1. The normalized spacial score (nSPS) is 17.4. The number of hydrogen-bond donors (Lipinski definition) is 2. The van der Waals surface area contributed by atoms with Gasteiger partial charge in [-0.25, -0.2) is 8.78 Å². The van der Waals surface area contributed by atoms with Gasteiger partial charge in [0.1, 0.15) is 11.5 Å². The SMILES string of the molecule is COc1cccc(O)c1CN1CCC[C@H](c2[nH]ncc2-c2ccc(F)c(F)c2)C1. The zero-order valence-corrected chi connectivity index (χ0v) is 16.2. The van der Waals surface area contributed by atoms with Crippen molar-refractivity contribution in [3.8, 4) is 22.6 Å². The molecule has 1 aromatic heterocycles. The van der Waals surface area contributed by atoms with Crippen molar-refractivity contribution in [1.29, 1.82) is 0 Å². The fraction of sp³-hybridized carbons (Fsp3) is 0.318. The van der Waals surface area contributed by atoms with E-state index in [0.717, 1.165) is 48.8 Å². The van der Waals surface area contributed by atoms with E-state index in [4.69, 9.17) is 4.74 Å². The molecule has 0 unspecified atom stereocenters. The maximum atomic E-state index is 13.7. The Labute approximate surface area is 167 Å². The molecule has 0 amide bonds. The third-order valence-electron chi connectivity index (χ3n) is 5.52. The molecule has 5 nitrogen and oxygen atoms in total. The van der Waals surface area contributed by atoms with Crippen LogP contribution in [0, 0.1) is 11.6 Å². The summed E-state index contributed by atoms with van der Waals surface area (Å²) >= 11 is 0. The van der Waals surface area contributed by atoms with Gasteiger partial charge in [-0.2, -0.15) is 5.10 Å². The molecule has 1 aliphatic heterocycles. The van der Waals surface area contributed by atoms with E-state index in [1.54, 1.807) is 31.5 Å². The van der Waals surface area contributed by atoms with E-state index in [1.165, 1.54) is 6.07 Å². The van der Waals surface area contributed by atoms with E-state index in [2.05, 4.69) is 15.1 Å². The highest BCUT2D eigenvalue weighted by atomic mass is 19.2. The Morgan fingerprint density at radius 2 is 2.10 bits per heavy atom. The van der Waals surface area contributed by atoms with Gasteiger partial charge in [-0.3, -0.25) is 10.00 Å². The first kappa shape index (κ1) is 19.4. The lowest BCUT2D eigenvalue weighted by Gasteiger charge is -2.33. The number of aromatic amines is 1. The minimum absolute atomic E-state index is 0.172. The van der Waals surface area contributed by atoms with E-state index in [1.807, 2.05) is 6.07 Å². The van der Waals surface area contributed by atoms with E-state index in [9.17, 15) is 13.9 Å². The summed E-state index contributed by atoms with van der Waals surface area (Å²) in [6.07, 6.45) is 3.61. The van der Waals surface area contributed by atoms with Crippen LogP contribution in [0.25, 0.3) is 11.1 Å². The highest BCUT2D eigenvalue weighted by molar-refractivity contribution is 5.66. The summed E-state index contributed by atoms with van der Waals surface area (Å²) < 4.78 is 32.4. The number of phenolic OH excluding ortho intramolecular Hbond substituents is 1. The number of rotatable bonds is 5. The van der Waals surface area contributed by atoms with E-state index in [-0.39, 0.29) is 11.7 Å². The molecule has 4 rings (SSSR count). The number of ether oxygens (including phenoxy) is 1. The Balaban J connectivity index is 1.56. The standard InChI is InChI=1S/C22H23F2N3O2/c1-29-21-6-2-5-20(28)17(21)13-27-9-3-4-15(12-27)22-16(11-25-26-22)14-7-8-18(23)19(24)10-14/h2,5-8,10-11,15,28H,3-4,9,12-13H2,1H3,(H,25,26)/t15-/m0/s1. The van der Waals surface area contributed by atoms with Crippen molar-refractivity contribution in [3.05, 3.63) is 65.5 Å². The van der Waals surface area contributed by atoms with Gasteiger partial charge in [0.05, 0.1) is 13.3 Å². The summed E-state index contributed by atoms with van der Waals surface area (Å²) in [5.74, 6) is -0.677. The summed E-state index contributed by atoms with van der Waals surface area (Å²) in [5, 5.41) is 17.5. The molecule has 0 bridgehead atoms. The number of aromatic hydroxyl groups is 1. The second-order valence-electron chi connectivity index (χ2n) is 7.36. The molecule has 152 valence electrons. The average molecular weight is 399 g/mol. The van der Waals surface area contributed by atoms with E-state index in [0.29, 0.717) is 17.9 Å². The van der Waals surface area contributed by atoms with Crippen LogP contribution in [-0.2, 0) is 6.54 Å². The third-order valence-corrected chi connectivity index (χ3v) is 5.52. The summed E-state index contributed by atoms with van der Waals surface area (Å²) in [6.45, 7) is 2.24. The number of methoxy groups -OCH3 is 1. The fourth-order valence-corrected chi connectivity index (χ4v) is 4.06. The monoisotopic (exact) mass is 399 g/mol. The number of piperidine rings is 1. The molecule has 1 saturated heterocycles. The number of benzene rings is 2. The Morgan fingerprint density at radius 1 is 1.24 bits per heavy atom. The Bertz CT molecular complexity index is 1010. The van der Waals surface area contributed by atoms with Crippen molar-refractivity contribution >= 4 is 0 Å². The second kappa shape index (κ2) is 8.21. The summed E-state index contributed by atoms with van der Waals surface area (Å²) in [4.78, 5) is 2.27. The van der Waals surface area contributed by atoms with Crippen LogP contribution in [0.4, 0.5) is 8.78 Å². The minimum Gasteiger partial charge on any atom is -0.507 e. The van der Waals surface area contributed by atoms with E-state index < -0.39 is 11.6 Å². The molecule has 0 spiro atoms. The maximum absolute atomic E-state index is 13.7. The Hall–Kier alpha value is -2.93. The van der Waals surface area contributed by atoms with Gasteiger partial charge in [0.2, 0.25) is 0 Å². The highest BCUT2D eigenvalue weighted by Gasteiger charge is 2.26. The molecule has 1 atom stereocenters. The van der Waals surface area contributed by atoms with Crippen LogP contribution < -0.4 is 4.74 Å². The van der Waals surface area contributed by atoms with E-state index >= 15 is 0 Å². The number of hydrogen-bond acceptors (Lipinski definition) is 4. The van der Waals surface area contributed by atoms with Crippen LogP contribution >= 0.6 is 0 Å². The summed E-state index contributed by atoms with van der Waals surface area (Å²) in [5.41, 5.74) is 3.08. The Morgan fingerprint density at radius 3 is 2.90 bits per heavy atom. The first-order valence-corrected chi connectivity index (χ1v) is 9.62. The van der Waals surface area contributed by atoms with Gasteiger partial charge in [-0.05, 0) is 49.2 Å². The quantitative estimate of drug-likeness (QED) is 0.666. The fourth-order valence-electron chi connectivity index (χ4n) is 4.06. The third kappa shape index (κ3) is 3.96. The predicted octanol–water partition coefficient (Wildman–Crippen LogP) is 4.45. The van der Waals surface area contributed by atoms with Gasteiger partial charge in [0.15, 0.2) is 11.6 Å². The van der Waals surface area contributed by atoms with Crippen LogP contribution in [0.5, 0.6) is 11.5 Å². The van der Waals surface area contributed by atoms with Gasteiger partial charge in [0.25, 0.3) is 0 Å². The maximum Gasteiger partial charge on any atom is 0.159 e. The molecule has 0 radical (unpaired) electrons. The summed E-state index contributed by atoms with van der Waals surface area (Å²) in [6, 6.07) is 9.17. The zero-order valence-electron chi connectivity index (χ0n) is 16.2. The van der Waals surface area contributed by atoms with Crippen molar-refractivity contribution in [2.75, 3.05) is 20.2 Å². The number of halogens is 2. The van der Waals surface area contributed by atoms with Crippen LogP contribution in [0.3, 0.4) is 0 Å². The molecule has 2 aromatic carbocycles. The van der Waals surface area contributed by atoms with Gasteiger partial charge >= 0.3 is 0 Å². The largest absolute Gasteiger partial charge is 0.507 e. The second-order valence-corrected chi connectivity index (χ2v) is 7.36. The summed E-state index contributed by atoms with van der Waals surface area (Å²) in [7, 11) is 1.59. The van der Waals surface area contributed by atoms with Gasteiger partial charge in [0, 0.05) is 35.8 Å². The average Bonchev–Trinajstić information content (AvgIpc) is 3.22. The molecule has 0 aliphatic carbocycles. The van der Waals surface area contributed by atoms with Crippen LogP contribution in [-0.4, -0.2) is 40.4 Å². The first-order chi connectivity index (χ1) is 14.1. The predicted molar refractivity (Wildman–Crippen MR) is 106 cm³/mol. The first-order valence-electron chi connectivity index (χ1n) is 9.62. The molecule has 29 heavy (non-hydrogen) atoms. The lowest BCUT2D eigenvalue weighted by molar-refractivity contribution is 0.194. The molecule has 7 heteroatoms. The van der Waals surface area contributed by atoms with Crippen molar-refractivity contribution in [2.24, 2.45) is 0 Å². The Kier molecular flexibility index (Phi) is 5.49.